The van der Waals surface area contributed by atoms with Crippen molar-refractivity contribution in [3.63, 3.8) is 0 Å². The van der Waals surface area contributed by atoms with Crippen molar-refractivity contribution in [2.45, 2.75) is 13.0 Å². The Hall–Kier alpha value is -3.41. The van der Waals surface area contributed by atoms with Crippen molar-refractivity contribution >= 4 is 11.7 Å². The van der Waals surface area contributed by atoms with Crippen LogP contribution in [0.1, 0.15) is 22.3 Å². The van der Waals surface area contributed by atoms with Gasteiger partial charge < -0.3 is 14.1 Å². The summed E-state index contributed by atoms with van der Waals surface area (Å²) in [4.78, 5) is 21.4. The van der Waals surface area contributed by atoms with Crippen molar-refractivity contribution in [3.05, 3.63) is 84.4 Å². The number of carbonyl (C=O) groups is 1. The number of hydrogen-bond acceptors (Lipinski definition) is 5. The van der Waals surface area contributed by atoms with E-state index in [1.54, 1.807) is 43.9 Å². The predicted molar refractivity (Wildman–Crippen MR) is 98.2 cm³/mol. The second-order valence-corrected chi connectivity index (χ2v) is 5.56. The maximum atomic E-state index is 12.2. The summed E-state index contributed by atoms with van der Waals surface area (Å²) >= 11 is 0. The summed E-state index contributed by atoms with van der Waals surface area (Å²) in [5.41, 5.74) is 2.02. The van der Waals surface area contributed by atoms with E-state index < -0.39 is 5.97 Å². The fourth-order valence-electron chi connectivity index (χ4n) is 2.40. The molecule has 0 unspecified atom stereocenters. The Balaban J connectivity index is 1.73. The Bertz CT molecular complexity index is 857. The quantitative estimate of drug-likeness (QED) is 0.372. The first kappa shape index (κ1) is 17.4. The van der Waals surface area contributed by atoms with Gasteiger partial charge in [0, 0.05) is 25.4 Å². The summed E-state index contributed by atoms with van der Waals surface area (Å²) in [6.07, 6.45) is 5.96. The lowest BCUT2D eigenvalue weighted by Gasteiger charge is -2.07. The highest BCUT2D eigenvalue weighted by molar-refractivity contribution is 6.01. The zero-order chi connectivity index (χ0) is 18.2. The van der Waals surface area contributed by atoms with Crippen molar-refractivity contribution in [1.82, 2.24) is 9.55 Å². The third-order valence-corrected chi connectivity index (χ3v) is 3.84. The van der Waals surface area contributed by atoms with Gasteiger partial charge in [-0.2, -0.15) is 0 Å². The summed E-state index contributed by atoms with van der Waals surface area (Å²) in [5.74, 6) is 0.166. The molecule has 0 amide bonds. The molecule has 0 spiro atoms. The lowest BCUT2D eigenvalue weighted by Crippen LogP contribution is -2.09. The summed E-state index contributed by atoms with van der Waals surface area (Å²) in [6.45, 7) is 0.688. The first-order valence-electron chi connectivity index (χ1n) is 8.19. The van der Waals surface area contributed by atoms with Crippen LogP contribution >= 0.6 is 0 Å². The van der Waals surface area contributed by atoms with E-state index in [1.807, 2.05) is 41.1 Å². The summed E-state index contributed by atoms with van der Waals surface area (Å²) in [7, 11) is 1.57. The topological polar surface area (TPSA) is 65.7 Å². The Morgan fingerprint density at radius 3 is 2.50 bits per heavy atom. The Morgan fingerprint density at radius 2 is 1.85 bits per heavy atom. The molecule has 6 heteroatoms. The number of oxime groups is 1. The third kappa shape index (κ3) is 4.57. The number of ether oxygens (including phenoxy) is 1. The Kier molecular flexibility index (Phi) is 5.77. The standard InChI is InChI=1S/C20H19N3O3/c1-25-18-9-7-17(8-10-18)20(24)26-22-19(16-5-3-2-4-6-16)11-13-23-14-12-21-15-23/h2-10,12,14-15H,11,13H2,1H3/b22-19+. The fraction of sp³-hybridized carbons (Fsp3) is 0.150. The van der Waals surface area contributed by atoms with Crippen LogP contribution in [-0.2, 0) is 11.4 Å². The molecule has 0 aliphatic heterocycles. The maximum absolute atomic E-state index is 12.2. The monoisotopic (exact) mass is 349 g/mol. The van der Waals surface area contributed by atoms with E-state index in [1.165, 1.54) is 0 Å². The van der Waals surface area contributed by atoms with E-state index in [0.717, 1.165) is 5.56 Å². The summed E-state index contributed by atoms with van der Waals surface area (Å²) in [5, 5.41) is 4.11. The van der Waals surface area contributed by atoms with E-state index in [0.29, 0.717) is 30.0 Å². The van der Waals surface area contributed by atoms with Gasteiger partial charge >= 0.3 is 5.97 Å². The van der Waals surface area contributed by atoms with Gasteiger partial charge in [0.15, 0.2) is 0 Å². The molecule has 0 atom stereocenters. The summed E-state index contributed by atoms with van der Waals surface area (Å²) in [6, 6.07) is 16.4. The highest BCUT2D eigenvalue weighted by Gasteiger charge is 2.10. The first-order valence-corrected chi connectivity index (χ1v) is 8.19. The van der Waals surface area contributed by atoms with Crippen molar-refractivity contribution < 1.29 is 14.4 Å². The third-order valence-electron chi connectivity index (χ3n) is 3.84. The predicted octanol–water partition coefficient (Wildman–Crippen LogP) is 3.54. The number of methoxy groups -OCH3 is 1. The van der Waals surface area contributed by atoms with Crippen LogP contribution in [0.3, 0.4) is 0 Å². The highest BCUT2D eigenvalue weighted by Crippen LogP contribution is 2.13. The second-order valence-electron chi connectivity index (χ2n) is 5.56. The summed E-state index contributed by atoms with van der Waals surface area (Å²) < 4.78 is 7.03. The van der Waals surface area contributed by atoms with Gasteiger partial charge in [0.25, 0.3) is 0 Å². The van der Waals surface area contributed by atoms with Crippen LogP contribution in [0.4, 0.5) is 0 Å². The van der Waals surface area contributed by atoms with Gasteiger partial charge in [-0.1, -0.05) is 35.5 Å². The molecule has 2 aromatic carbocycles. The number of nitrogens with zero attached hydrogens (tertiary/aromatic N) is 3. The average molecular weight is 349 g/mol. The smallest absolute Gasteiger partial charge is 0.365 e. The van der Waals surface area contributed by atoms with Crippen molar-refractivity contribution in [1.29, 1.82) is 0 Å². The van der Waals surface area contributed by atoms with E-state index in [9.17, 15) is 4.79 Å². The fourth-order valence-corrected chi connectivity index (χ4v) is 2.40. The van der Waals surface area contributed by atoms with Crippen molar-refractivity contribution in [3.8, 4) is 5.75 Å². The molecule has 6 nitrogen and oxygen atoms in total. The van der Waals surface area contributed by atoms with E-state index >= 15 is 0 Å². The molecular formula is C20H19N3O3. The maximum Gasteiger partial charge on any atom is 0.365 e. The van der Waals surface area contributed by atoms with Gasteiger partial charge in [-0.05, 0) is 29.8 Å². The second kappa shape index (κ2) is 8.62. The van der Waals surface area contributed by atoms with Crippen molar-refractivity contribution in [2.24, 2.45) is 5.16 Å². The van der Waals surface area contributed by atoms with Gasteiger partial charge in [0.1, 0.15) is 5.75 Å². The lowest BCUT2D eigenvalue weighted by atomic mass is 10.1. The molecule has 0 bridgehead atoms. The molecule has 1 heterocycles. The number of benzene rings is 2. The van der Waals surface area contributed by atoms with Gasteiger partial charge in [-0.25, -0.2) is 9.78 Å². The minimum Gasteiger partial charge on any atom is -0.497 e. The molecule has 0 N–H and O–H groups in total. The minimum absolute atomic E-state index is 0.413. The molecule has 3 aromatic rings. The SMILES string of the molecule is COc1ccc(C(=O)O/N=C(\CCn2ccnc2)c2ccccc2)cc1. The van der Waals surface area contributed by atoms with Crippen LogP contribution in [0.25, 0.3) is 0 Å². The zero-order valence-electron chi connectivity index (χ0n) is 14.4. The van der Waals surface area contributed by atoms with Crippen LogP contribution in [0.2, 0.25) is 0 Å². The number of carbonyl (C=O) groups excluding carboxylic acids is 1. The van der Waals surface area contributed by atoms with Gasteiger partial charge in [0.2, 0.25) is 0 Å². The number of aromatic nitrogens is 2. The lowest BCUT2D eigenvalue weighted by molar-refractivity contribution is 0.0515. The minimum atomic E-state index is -0.510. The van der Waals surface area contributed by atoms with Crippen LogP contribution in [0, 0.1) is 0 Å². The van der Waals surface area contributed by atoms with Gasteiger partial charge in [-0.15, -0.1) is 0 Å². The zero-order valence-corrected chi connectivity index (χ0v) is 14.4. The van der Waals surface area contributed by atoms with Crippen LogP contribution in [0.5, 0.6) is 5.75 Å². The van der Waals surface area contributed by atoms with Crippen LogP contribution in [0.15, 0.2) is 78.5 Å². The van der Waals surface area contributed by atoms with Gasteiger partial charge in [-0.3, -0.25) is 0 Å². The molecule has 3 rings (SSSR count). The van der Waals surface area contributed by atoms with Crippen LogP contribution in [-0.4, -0.2) is 28.3 Å². The van der Waals surface area contributed by atoms with Crippen molar-refractivity contribution in [2.75, 3.05) is 7.11 Å². The van der Waals surface area contributed by atoms with E-state index in [2.05, 4.69) is 10.1 Å². The first-order chi connectivity index (χ1) is 12.8. The number of rotatable bonds is 7. The molecule has 0 aliphatic rings. The van der Waals surface area contributed by atoms with Gasteiger partial charge in [0.05, 0.1) is 24.7 Å². The number of imidazole rings is 1. The average Bonchev–Trinajstić information content (AvgIpc) is 3.22. The number of hydrogen-bond donors (Lipinski definition) is 0. The normalized spacial score (nSPS) is 11.2. The Labute approximate surface area is 151 Å². The largest absolute Gasteiger partial charge is 0.497 e. The Morgan fingerprint density at radius 1 is 1.08 bits per heavy atom. The molecule has 132 valence electrons. The highest BCUT2D eigenvalue weighted by atomic mass is 16.7. The van der Waals surface area contributed by atoms with E-state index in [4.69, 9.17) is 9.57 Å². The van der Waals surface area contributed by atoms with Crippen LogP contribution < -0.4 is 4.74 Å². The number of aryl methyl sites for hydroxylation is 1. The molecule has 0 saturated heterocycles. The van der Waals surface area contributed by atoms with E-state index in [-0.39, 0.29) is 0 Å². The molecule has 26 heavy (non-hydrogen) atoms. The molecular weight excluding hydrogens is 330 g/mol. The molecule has 0 fully saturated rings. The molecule has 0 radical (unpaired) electrons. The molecule has 1 aromatic heterocycles. The molecule has 0 saturated carbocycles. The molecule has 0 aliphatic carbocycles.